The molecule has 1 aliphatic rings. The largest absolute Gasteiger partial charge is 0.496 e. The summed E-state index contributed by atoms with van der Waals surface area (Å²) < 4.78 is 19.7. The molecule has 132 valence electrons. The zero-order valence-electron chi connectivity index (χ0n) is 13.9. The average molecular weight is 345 g/mol. The topological polar surface area (TPSA) is 67.6 Å². The van der Waals surface area contributed by atoms with Crippen LogP contribution in [0.5, 0.6) is 5.75 Å². The van der Waals surface area contributed by atoms with Crippen molar-refractivity contribution >= 4 is 5.69 Å². The molecule has 0 aliphatic carbocycles. The average Bonchev–Trinajstić information content (AvgIpc) is 2.63. The molecule has 1 N–H and O–H groups in total. The van der Waals surface area contributed by atoms with E-state index < -0.39 is 10.7 Å². The van der Waals surface area contributed by atoms with E-state index in [9.17, 15) is 14.5 Å². The fraction of sp³-hybridized carbons (Fsp3) is 0.333. The van der Waals surface area contributed by atoms with Crippen LogP contribution in [0.3, 0.4) is 0 Å². The fourth-order valence-corrected chi connectivity index (χ4v) is 3.26. The Bertz CT molecular complexity index is 769. The molecule has 6 nitrogen and oxygen atoms in total. The van der Waals surface area contributed by atoms with Gasteiger partial charge in [-0.2, -0.15) is 0 Å². The number of piperazine rings is 1. The number of para-hydroxylation sites is 1. The predicted molar refractivity (Wildman–Crippen MR) is 92.1 cm³/mol. The van der Waals surface area contributed by atoms with Gasteiger partial charge in [-0.15, -0.1) is 0 Å². The zero-order valence-corrected chi connectivity index (χ0v) is 13.9. The van der Waals surface area contributed by atoms with E-state index in [4.69, 9.17) is 4.74 Å². The second kappa shape index (κ2) is 7.58. The van der Waals surface area contributed by atoms with Gasteiger partial charge in [0.25, 0.3) is 5.69 Å². The van der Waals surface area contributed by atoms with Gasteiger partial charge in [0.05, 0.1) is 23.6 Å². The van der Waals surface area contributed by atoms with Crippen LogP contribution < -0.4 is 10.1 Å². The minimum atomic E-state index is -0.550. The van der Waals surface area contributed by atoms with Crippen molar-refractivity contribution in [1.29, 1.82) is 0 Å². The molecule has 0 radical (unpaired) electrons. The van der Waals surface area contributed by atoms with Gasteiger partial charge in [-0.25, -0.2) is 4.39 Å². The standard InChI is InChI=1S/C18H20FN3O3/c1-25-18-8-3-2-5-13(18)17-11-20-9-10-21(17)12-14-15(19)6-4-7-16(14)22(23)24/h2-8,17,20H,9-12H2,1H3. The van der Waals surface area contributed by atoms with Crippen LogP contribution in [0.25, 0.3) is 0 Å². The van der Waals surface area contributed by atoms with Crippen molar-refractivity contribution in [3.8, 4) is 5.75 Å². The van der Waals surface area contributed by atoms with Gasteiger partial charge in [0.1, 0.15) is 11.6 Å². The maximum atomic E-state index is 14.3. The van der Waals surface area contributed by atoms with E-state index in [1.54, 1.807) is 7.11 Å². The molecule has 3 rings (SSSR count). The van der Waals surface area contributed by atoms with Crippen molar-refractivity contribution in [2.75, 3.05) is 26.7 Å². The third-order valence-corrected chi connectivity index (χ3v) is 4.50. The Balaban J connectivity index is 1.94. The molecule has 25 heavy (non-hydrogen) atoms. The summed E-state index contributed by atoms with van der Waals surface area (Å²) in [6, 6.07) is 11.6. The molecule has 0 bridgehead atoms. The molecule has 1 fully saturated rings. The lowest BCUT2D eigenvalue weighted by molar-refractivity contribution is -0.386. The maximum absolute atomic E-state index is 14.3. The number of hydrogen-bond acceptors (Lipinski definition) is 5. The molecule has 7 heteroatoms. The highest BCUT2D eigenvalue weighted by Gasteiger charge is 2.29. The summed E-state index contributed by atoms with van der Waals surface area (Å²) in [7, 11) is 1.61. The molecule has 0 saturated carbocycles. The number of nitrogens with one attached hydrogen (secondary N) is 1. The Morgan fingerprint density at radius 1 is 1.32 bits per heavy atom. The van der Waals surface area contributed by atoms with Crippen LogP contribution in [-0.2, 0) is 6.54 Å². The summed E-state index contributed by atoms with van der Waals surface area (Å²) in [5.41, 5.74) is 0.919. The van der Waals surface area contributed by atoms with Crippen LogP contribution in [-0.4, -0.2) is 36.6 Å². The number of methoxy groups -OCH3 is 1. The van der Waals surface area contributed by atoms with Crippen LogP contribution in [0.1, 0.15) is 17.2 Å². The van der Waals surface area contributed by atoms with Crippen molar-refractivity contribution in [3.05, 3.63) is 69.5 Å². The lowest BCUT2D eigenvalue weighted by atomic mass is 10.0. The van der Waals surface area contributed by atoms with Gasteiger partial charge in [-0.3, -0.25) is 15.0 Å². The number of ether oxygens (including phenoxy) is 1. The molecular formula is C18H20FN3O3. The van der Waals surface area contributed by atoms with Crippen molar-refractivity contribution < 1.29 is 14.1 Å². The second-order valence-corrected chi connectivity index (χ2v) is 5.93. The van der Waals surface area contributed by atoms with Crippen molar-refractivity contribution in [2.24, 2.45) is 0 Å². The smallest absolute Gasteiger partial charge is 0.276 e. The van der Waals surface area contributed by atoms with Crippen LogP contribution >= 0.6 is 0 Å². The molecule has 1 saturated heterocycles. The van der Waals surface area contributed by atoms with E-state index in [0.717, 1.165) is 17.9 Å². The first kappa shape index (κ1) is 17.3. The van der Waals surface area contributed by atoms with Gasteiger partial charge in [0.2, 0.25) is 0 Å². The lowest BCUT2D eigenvalue weighted by Crippen LogP contribution is -2.45. The molecule has 2 aromatic rings. The Morgan fingerprint density at radius 3 is 2.88 bits per heavy atom. The summed E-state index contributed by atoms with van der Waals surface area (Å²) in [6.45, 7) is 2.25. The van der Waals surface area contributed by atoms with Gasteiger partial charge in [-0.1, -0.05) is 24.3 Å². The number of nitro benzene ring substituents is 1. The molecule has 1 heterocycles. The zero-order chi connectivity index (χ0) is 17.8. The van der Waals surface area contributed by atoms with Gasteiger partial charge < -0.3 is 10.1 Å². The molecule has 1 atom stereocenters. The Labute approximate surface area is 145 Å². The predicted octanol–water partition coefficient (Wildman–Crippen LogP) is 2.89. The number of benzene rings is 2. The molecular weight excluding hydrogens is 325 g/mol. The molecule has 0 spiro atoms. The number of rotatable bonds is 5. The van der Waals surface area contributed by atoms with Gasteiger partial charge in [0, 0.05) is 37.8 Å². The lowest BCUT2D eigenvalue weighted by Gasteiger charge is -2.37. The van der Waals surface area contributed by atoms with Crippen LogP contribution in [0, 0.1) is 15.9 Å². The Hall–Kier alpha value is -2.51. The quantitative estimate of drug-likeness (QED) is 0.667. The van der Waals surface area contributed by atoms with Gasteiger partial charge >= 0.3 is 0 Å². The van der Waals surface area contributed by atoms with E-state index in [1.807, 2.05) is 24.3 Å². The van der Waals surface area contributed by atoms with E-state index >= 15 is 0 Å². The highest BCUT2D eigenvalue weighted by Crippen LogP contribution is 2.33. The molecule has 0 aromatic heterocycles. The van der Waals surface area contributed by atoms with E-state index in [2.05, 4.69) is 10.2 Å². The number of hydrogen-bond donors (Lipinski definition) is 1. The number of nitro groups is 1. The number of halogens is 1. The van der Waals surface area contributed by atoms with Crippen LogP contribution in [0.4, 0.5) is 10.1 Å². The highest BCUT2D eigenvalue weighted by molar-refractivity contribution is 5.41. The highest BCUT2D eigenvalue weighted by atomic mass is 19.1. The Morgan fingerprint density at radius 2 is 2.12 bits per heavy atom. The third kappa shape index (κ3) is 3.62. The summed E-state index contributed by atoms with van der Waals surface area (Å²) in [5.74, 6) is 0.204. The summed E-state index contributed by atoms with van der Waals surface area (Å²) >= 11 is 0. The SMILES string of the molecule is COc1ccccc1C1CNCCN1Cc1c(F)cccc1[N+](=O)[O-]. The van der Waals surface area contributed by atoms with E-state index in [0.29, 0.717) is 13.1 Å². The molecule has 1 unspecified atom stereocenters. The van der Waals surface area contributed by atoms with Crippen LogP contribution in [0.2, 0.25) is 0 Å². The fourth-order valence-electron chi connectivity index (χ4n) is 3.26. The maximum Gasteiger partial charge on any atom is 0.276 e. The minimum absolute atomic E-state index is 0.0517. The van der Waals surface area contributed by atoms with Crippen molar-refractivity contribution in [2.45, 2.75) is 12.6 Å². The Kier molecular flexibility index (Phi) is 5.25. The summed E-state index contributed by atoms with van der Waals surface area (Å²) in [4.78, 5) is 12.8. The van der Waals surface area contributed by atoms with E-state index in [-0.39, 0.29) is 23.8 Å². The monoisotopic (exact) mass is 345 g/mol. The van der Waals surface area contributed by atoms with Gasteiger partial charge in [-0.05, 0) is 12.1 Å². The first-order chi connectivity index (χ1) is 12.1. The van der Waals surface area contributed by atoms with Crippen molar-refractivity contribution in [3.63, 3.8) is 0 Å². The minimum Gasteiger partial charge on any atom is -0.496 e. The molecule has 1 aliphatic heterocycles. The summed E-state index contributed by atoms with van der Waals surface area (Å²) in [6.07, 6.45) is 0. The first-order valence-electron chi connectivity index (χ1n) is 8.11. The first-order valence-corrected chi connectivity index (χ1v) is 8.11. The number of nitrogens with zero attached hydrogens (tertiary/aromatic N) is 2. The third-order valence-electron chi connectivity index (χ3n) is 4.50. The molecule has 0 amide bonds. The van der Waals surface area contributed by atoms with E-state index in [1.165, 1.54) is 18.2 Å². The summed E-state index contributed by atoms with van der Waals surface area (Å²) in [5, 5.41) is 14.6. The van der Waals surface area contributed by atoms with Crippen LogP contribution in [0.15, 0.2) is 42.5 Å². The normalized spacial score (nSPS) is 18.1. The molecule has 2 aromatic carbocycles. The van der Waals surface area contributed by atoms with Gasteiger partial charge in [0.15, 0.2) is 0 Å². The van der Waals surface area contributed by atoms with Crippen molar-refractivity contribution in [1.82, 2.24) is 10.2 Å². The second-order valence-electron chi connectivity index (χ2n) is 5.93.